The summed E-state index contributed by atoms with van der Waals surface area (Å²) in [6.07, 6.45) is 0. The van der Waals surface area contributed by atoms with Crippen LogP contribution in [0, 0.1) is 5.82 Å². The molecule has 0 saturated carbocycles. The molecule has 0 bridgehead atoms. The van der Waals surface area contributed by atoms with Crippen LogP contribution in [0.2, 0.25) is 0 Å². The van der Waals surface area contributed by atoms with Crippen molar-refractivity contribution < 1.29 is 14.0 Å². The minimum Gasteiger partial charge on any atom is -0.378 e. The SMILES string of the molecule is CCN1C(=O)C(Nc2ccc(N(C)C)cc2)=C(c2ccc(F)cc2)C1=O. The zero-order valence-electron chi connectivity index (χ0n) is 14.9. The quantitative estimate of drug-likeness (QED) is 0.840. The third-order valence-corrected chi connectivity index (χ3v) is 4.27. The van der Waals surface area contributed by atoms with Crippen LogP contribution in [-0.2, 0) is 9.59 Å². The zero-order chi connectivity index (χ0) is 18.8. The molecule has 0 atom stereocenters. The molecule has 134 valence electrons. The normalized spacial score (nSPS) is 14.2. The number of nitrogens with one attached hydrogen (secondary N) is 1. The summed E-state index contributed by atoms with van der Waals surface area (Å²) in [7, 11) is 3.88. The molecule has 0 radical (unpaired) electrons. The standard InChI is InChI=1S/C20H20FN3O2/c1-4-24-19(25)17(13-5-7-14(21)8-6-13)18(20(24)26)22-15-9-11-16(12-10-15)23(2)3/h5-12,22H,4H2,1-3H3. The number of rotatable bonds is 5. The van der Waals surface area contributed by atoms with Gasteiger partial charge < -0.3 is 10.2 Å². The average molecular weight is 353 g/mol. The number of imide groups is 1. The predicted octanol–water partition coefficient (Wildman–Crippen LogP) is 3.10. The lowest BCUT2D eigenvalue weighted by atomic mass is 10.0. The van der Waals surface area contributed by atoms with E-state index in [-0.39, 0.29) is 29.6 Å². The van der Waals surface area contributed by atoms with Gasteiger partial charge in [-0.3, -0.25) is 14.5 Å². The molecule has 3 rings (SSSR count). The van der Waals surface area contributed by atoms with Crippen LogP contribution < -0.4 is 10.2 Å². The van der Waals surface area contributed by atoms with Gasteiger partial charge in [0.05, 0.1) is 5.57 Å². The molecule has 1 aliphatic rings. The number of carbonyl (C=O) groups is 2. The molecule has 2 aromatic rings. The number of hydrogen-bond donors (Lipinski definition) is 1. The van der Waals surface area contributed by atoms with Gasteiger partial charge in [-0.05, 0) is 48.9 Å². The van der Waals surface area contributed by atoms with Crippen molar-refractivity contribution >= 4 is 28.8 Å². The van der Waals surface area contributed by atoms with Gasteiger partial charge in [0.25, 0.3) is 11.8 Å². The lowest BCUT2D eigenvalue weighted by Crippen LogP contribution is -2.32. The molecule has 0 fully saturated rings. The maximum atomic E-state index is 13.2. The van der Waals surface area contributed by atoms with E-state index in [0.29, 0.717) is 11.3 Å². The summed E-state index contributed by atoms with van der Waals surface area (Å²) in [6.45, 7) is 2.01. The van der Waals surface area contributed by atoms with E-state index in [4.69, 9.17) is 0 Å². The van der Waals surface area contributed by atoms with Crippen molar-refractivity contribution in [1.82, 2.24) is 4.90 Å². The first-order valence-corrected chi connectivity index (χ1v) is 8.33. The average Bonchev–Trinajstić information content (AvgIpc) is 2.86. The molecule has 6 heteroatoms. The molecule has 2 aromatic carbocycles. The molecule has 5 nitrogen and oxygen atoms in total. The van der Waals surface area contributed by atoms with Crippen molar-refractivity contribution in [3.05, 3.63) is 65.6 Å². The van der Waals surface area contributed by atoms with E-state index in [1.165, 1.54) is 29.2 Å². The second kappa shape index (κ2) is 7.00. The third-order valence-electron chi connectivity index (χ3n) is 4.27. The lowest BCUT2D eigenvalue weighted by molar-refractivity contribution is -0.136. The number of carbonyl (C=O) groups excluding carboxylic acids is 2. The molecule has 0 saturated heterocycles. The molecule has 0 unspecified atom stereocenters. The van der Waals surface area contributed by atoms with Gasteiger partial charge in [-0.25, -0.2) is 4.39 Å². The number of halogens is 1. The van der Waals surface area contributed by atoms with Crippen LogP contribution in [0.3, 0.4) is 0 Å². The minimum absolute atomic E-state index is 0.209. The molecule has 0 aromatic heterocycles. The Labute approximate surface area is 151 Å². The highest BCUT2D eigenvalue weighted by Gasteiger charge is 2.38. The van der Waals surface area contributed by atoms with Crippen LogP contribution in [0.25, 0.3) is 5.57 Å². The van der Waals surface area contributed by atoms with E-state index in [2.05, 4.69) is 5.32 Å². The summed E-state index contributed by atoms with van der Waals surface area (Å²) in [4.78, 5) is 28.5. The smallest absolute Gasteiger partial charge is 0.278 e. The van der Waals surface area contributed by atoms with Crippen molar-refractivity contribution in [2.45, 2.75) is 6.92 Å². The summed E-state index contributed by atoms with van der Waals surface area (Å²) in [5, 5.41) is 3.07. The Hall–Kier alpha value is -3.15. The Morgan fingerprint density at radius 3 is 2.12 bits per heavy atom. The Morgan fingerprint density at radius 2 is 1.58 bits per heavy atom. The topological polar surface area (TPSA) is 52.7 Å². The minimum atomic E-state index is -0.396. The highest BCUT2D eigenvalue weighted by atomic mass is 19.1. The summed E-state index contributed by atoms with van der Waals surface area (Å²) in [5.41, 5.74) is 2.69. The Kier molecular flexibility index (Phi) is 4.75. The van der Waals surface area contributed by atoms with Gasteiger partial charge in [0.2, 0.25) is 0 Å². The first kappa shape index (κ1) is 17.7. The Balaban J connectivity index is 2.02. The van der Waals surface area contributed by atoms with Crippen LogP contribution in [0.4, 0.5) is 15.8 Å². The second-order valence-electron chi connectivity index (χ2n) is 6.18. The van der Waals surface area contributed by atoms with Crippen LogP contribution in [0.15, 0.2) is 54.2 Å². The number of likely N-dealkylation sites (N-methyl/N-ethyl adjacent to an activating group) is 1. The molecule has 0 spiro atoms. The fourth-order valence-corrected chi connectivity index (χ4v) is 2.85. The van der Waals surface area contributed by atoms with E-state index in [9.17, 15) is 14.0 Å². The number of nitrogens with zero attached hydrogens (tertiary/aromatic N) is 2. The monoisotopic (exact) mass is 353 g/mol. The largest absolute Gasteiger partial charge is 0.378 e. The van der Waals surface area contributed by atoms with Crippen LogP contribution in [0.1, 0.15) is 12.5 Å². The van der Waals surface area contributed by atoms with Crippen molar-refractivity contribution in [1.29, 1.82) is 0 Å². The van der Waals surface area contributed by atoms with E-state index >= 15 is 0 Å². The van der Waals surface area contributed by atoms with Crippen molar-refractivity contribution in [2.75, 3.05) is 30.9 Å². The van der Waals surface area contributed by atoms with Gasteiger partial charge in [-0.15, -0.1) is 0 Å². The zero-order valence-corrected chi connectivity index (χ0v) is 14.9. The van der Waals surface area contributed by atoms with Crippen LogP contribution >= 0.6 is 0 Å². The number of benzene rings is 2. The molecule has 1 heterocycles. The van der Waals surface area contributed by atoms with Crippen LogP contribution in [-0.4, -0.2) is 37.4 Å². The van der Waals surface area contributed by atoms with Gasteiger partial charge in [-0.1, -0.05) is 12.1 Å². The van der Waals surface area contributed by atoms with Gasteiger partial charge >= 0.3 is 0 Å². The molecular weight excluding hydrogens is 333 g/mol. The Bertz CT molecular complexity index is 871. The lowest BCUT2D eigenvalue weighted by Gasteiger charge is -2.14. The maximum absolute atomic E-state index is 13.2. The number of hydrogen-bond acceptors (Lipinski definition) is 4. The molecule has 0 aliphatic carbocycles. The summed E-state index contributed by atoms with van der Waals surface area (Å²) < 4.78 is 13.2. The van der Waals surface area contributed by atoms with E-state index < -0.39 is 5.82 Å². The van der Waals surface area contributed by atoms with E-state index in [1.807, 2.05) is 43.3 Å². The van der Waals surface area contributed by atoms with Gasteiger partial charge in [0, 0.05) is 32.0 Å². The molecule has 2 amide bonds. The Morgan fingerprint density at radius 1 is 0.962 bits per heavy atom. The first-order valence-electron chi connectivity index (χ1n) is 8.33. The first-order chi connectivity index (χ1) is 12.4. The summed E-state index contributed by atoms with van der Waals surface area (Å²) >= 11 is 0. The number of anilines is 2. The maximum Gasteiger partial charge on any atom is 0.278 e. The van der Waals surface area contributed by atoms with Crippen molar-refractivity contribution in [3.63, 3.8) is 0 Å². The molecule has 1 N–H and O–H groups in total. The summed E-state index contributed by atoms with van der Waals surface area (Å²) in [6, 6.07) is 13.1. The molecule has 26 heavy (non-hydrogen) atoms. The highest BCUT2D eigenvalue weighted by Crippen LogP contribution is 2.30. The second-order valence-corrected chi connectivity index (χ2v) is 6.18. The van der Waals surface area contributed by atoms with Gasteiger partial charge in [-0.2, -0.15) is 0 Å². The predicted molar refractivity (Wildman–Crippen MR) is 100 cm³/mol. The van der Waals surface area contributed by atoms with Gasteiger partial charge in [0.1, 0.15) is 11.5 Å². The van der Waals surface area contributed by atoms with Crippen molar-refractivity contribution in [2.24, 2.45) is 0 Å². The molecule has 1 aliphatic heterocycles. The highest BCUT2D eigenvalue weighted by molar-refractivity contribution is 6.36. The third kappa shape index (κ3) is 3.18. The van der Waals surface area contributed by atoms with Crippen LogP contribution in [0.5, 0.6) is 0 Å². The fourth-order valence-electron chi connectivity index (χ4n) is 2.85. The number of amides is 2. The van der Waals surface area contributed by atoms with E-state index in [1.54, 1.807) is 6.92 Å². The fraction of sp³-hybridized carbons (Fsp3) is 0.200. The van der Waals surface area contributed by atoms with Gasteiger partial charge in [0.15, 0.2) is 0 Å². The van der Waals surface area contributed by atoms with Crippen molar-refractivity contribution in [3.8, 4) is 0 Å². The summed E-state index contributed by atoms with van der Waals surface area (Å²) in [5.74, 6) is -1.16. The van der Waals surface area contributed by atoms with E-state index in [0.717, 1.165) is 5.69 Å². The molecular formula is C20H20FN3O2.